The fourth-order valence-electron chi connectivity index (χ4n) is 3.29. The number of ether oxygens (including phenoxy) is 1. The van der Waals surface area contributed by atoms with E-state index in [0.29, 0.717) is 12.3 Å². The molecule has 1 amide bonds. The number of nitrogens with zero attached hydrogens (tertiary/aromatic N) is 1. The molecular formula is C19H17Cl2NO4. The molecule has 0 aliphatic carbocycles. The van der Waals surface area contributed by atoms with Gasteiger partial charge in [0.1, 0.15) is 5.75 Å². The zero-order valence-electron chi connectivity index (χ0n) is 14.0. The van der Waals surface area contributed by atoms with Gasteiger partial charge < -0.3 is 14.7 Å². The predicted molar refractivity (Wildman–Crippen MR) is 99.2 cm³/mol. The van der Waals surface area contributed by atoms with Gasteiger partial charge in [-0.1, -0.05) is 53.5 Å². The number of hydrogen-bond donors (Lipinski definition) is 1. The average molecular weight is 394 g/mol. The summed E-state index contributed by atoms with van der Waals surface area (Å²) >= 11 is 12.0. The molecule has 7 heteroatoms. The Labute approximate surface area is 161 Å². The van der Waals surface area contributed by atoms with Crippen LogP contribution in [0.3, 0.4) is 0 Å². The van der Waals surface area contributed by atoms with Crippen molar-refractivity contribution in [3.05, 3.63) is 63.6 Å². The third-order valence-corrected chi connectivity index (χ3v) is 5.35. The number of carboxylic acid groups (broad SMARTS) is 1. The quantitative estimate of drug-likeness (QED) is 0.853. The molecule has 0 bridgehead atoms. The molecular weight excluding hydrogens is 377 g/mol. The van der Waals surface area contributed by atoms with Gasteiger partial charge >= 0.3 is 5.97 Å². The number of benzene rings is 2. The Morgan fingerprint density at radius 3 is 2.38 bits per heavy atom. The van der Waals surface area contributed by atoms with Crippen molar-refractivity contribution in [2.45, 2.75) is 5.92 Å². The van der Waals surface area contributed by atoms with Crippen molar-refractivity contribution >= 4 is 35.1 Å². The Bertz CT molecular complexity index is 841. The fraction of sp³-hybridized carbons (Fsp3) is 0.263. The van der Waals surface area contributed by atoms with Gasteiger partial charge in [0.05, 0.1) is 28.6 Å². The maximum atomic E-state index is 13.0. The van der Waals surface area contributed by atoms with Crippen molar-refractivity contribution in [3.63, 3.8) is 0 Å². The van der Waals surface area contributed by atoms with Crippen LogP contribution in [0.15, 0.2) is 42.5 Å². The molecule has 3 rings (SSSR count). The lowest BCUT2D eigenvalue weighted by molar-refractivity contribution is -0.141. The van der Waals surface area contributed by atoms with E-state index >= 15 is 0 Å². The van der Waals surface area contributed by atoms with Gasteiger partial charge in [0.15, 0.2) is 0 Å². The molecule has 2 aromatic rings. The minimum Gasteiger partial charge on any atom is -0.496 e. The topological polar surface area (TPSA) is 66.8 Å². The SMILES string of the molecule is COc1cc(Cl)c(Cl)cc1C(=O)N1C[C@H](C(=O)O)[C@H](c2ccccc2)C1. The molecule has 136 valence electrons. The van der Waals surface area contributed by atoms with Crippen LogP contribution in [0.1, 0.15) is 21.8 Å². The van der Waals surface area contributed by atoms with E-state index in [-0.39, 0.29) is 34.0 Å². The number of halogens is 2. The summed E-state index contributed by atoms with van der Waals surface area (Å²) in [5, 5.41) is 10.1. The highest BCUT2D eigenvalue weighted by atomic mass is 35.5. The van der Waals surface area contributed by atoms with Crippen LogP contribution in [0.4, 0.5) is 0 Å². The first-order valence-electron chi connectivity index (χ1n) is 8.02. The van der Waals surface area contributed by atoms with Crippen LogP contribution in [0.5, 0.6) is 5.75 Å². The summed E-state index contributed by atoms with van der Waals surface area (Å²) in [5.41, 5.74) is 1.16. The average Bonchev–Trinajstić information content (AvgIpc) is 3.09. The van der Waals surface area contributed by atoms with E-state index < -0.39 is 11.9 Å². The first kappa shape index (κ1) is 18.5. The van der Waals surface area contributed by atoms with E-state index in [1.54, 1.807) is 0 Å². The maximum absolute atomic E-state index is 13.0. The molecule has 0 spiro atoms. The summed E-state index contributed by atoms with van der Waals surface area (Å²) in [6, 6.07) is 12.3. The van der Waals surface area contributed by atoms with E-state index in [2.05, 4.69) is 0 Å². The minimum atomic E-state index is -0.921. The standard InChI is InChI=1S/C19H17Cl2NO4/c1-26-17-8-16(21)15(20)7-12(17)18(23)22-9-13(14(10-22)19(24)25)11-5-3-2-4-6-11/h2-8,13-14H,9-10H2,1H3,(H,24,25)/t13-,14-/m0/s1. The summed E-state index contributed by atoms with van der Waals surface area (Å²) in [5.74, 6) is -1.89. The van der Waals surface area contributed by atoms with Gasteiger partial charge in [-0.2, -0.15) is 0 Å². The molecule has 1 aliphatic rings. The zero-order valence-corrected chi connectivity index (χ0v) is 15.5. The van der Waals surface area contributed by atoms with Crippen LogP contribution in [-0.4, -0.2) is 42.1 Å². The summed E-state index contributed by atoms with van der Waals surface area (Å²) in [7, 11) is 1.44. The van der Waals surface area contributed by atoms with Crippen molar-refractivity contribution in [2.24, 2.45) is 5.92 Å². The van der Waals surface area contributed by atoms with Gasteiger partial charge in [0.2, 0.25) is 0 Å². The Morgan fingerprint density at radius 1 is 1.12 bits per heavy atom. The van der Waals surface area contributed by atoms with E-state index in [4.69, 9.17) is 27.9 Å². The van der Waals surface area contributed by atoms with Crippen LogP contribution in [0.25, 0.3) is 0 Å². The third kappa shape index (κ3) is 3.50. The summed E-state index contributed by atoms with van der Waals surface area (Å²) < 4.78 is 5.24. The second kappa shape index (κ2) is 7.56. The maximum Gasteiger partial charge on any atom is 0.308 e. The number of likely N-dealkylation sites (tertiary alicyclic amines) is 1. The Morgan fingerprint density at radius 2 is 1.77 bits per heavy atom. The first-order valence-corrected chi connectivity index (χ1v) is 8.78. The Balaban J connectivity index is 1.92. The van der Waals surface area contributed by atoms with Crippen LogP contribution >= 0.6 is 23.2 Å². The summed E-state index contributed by atoms with van der Waals surface area (Å²) in [6.07, 6.45) is 0. The minimum absolute atomic E-state index is 0.122. The van der Waals surface area contributed by atoms with Gasteiger partial charge in [-0.3, -0.25) is 9.59 Å². The summed E-state index contributed by atoms with van der Waals surface area (Å²) in [6.45, 7) is 0.431. The summed E-state index contributed by atoms with van der Waals surface area (Å²) in [4.78, 5) is 26.2. The normalized spacial score (nSPS) is 19.4. The predicted octanol–water partition coefficient (Wildman–Crippen LogP) is 3.94. The van der Waals surface area contributed by atoms with Gasteiger partial charge in [-0.05, 0) is 11.6 Å². The molecule has 1 heterocycles. The third-order valence-electron chi connectivity index (χ3n) is 4.62. The van der Waals surface area contributed by atoms with E-state index in [1.165, 1.54) is 24.1 Å². The Hall–Kier alpha value is -2.24. The number of amides is 1. The number of carboxylic acids is 1. The van der Waals surface area contributed by atoms with Crippen LogP contribution in [0, 0.1) is 5.92 Å². The fourth-order valence-corrected chi connectivity index (χ4v) is 3.61. The van der Waals surface area contributed by atoms with E-state index in [9.17, 15) is 14.7 Å². The van der Waals surface area contributed by atoms with Crippen LogP contribution < -0.4 is 4.74 Å². The molecule has 1 saturated heterocycles. The van der Waals surface area contributed by atoms with Crippen molar-refractivity contribution in [1.29, 1.82) is 0 Å². The van der Waals surface area contributed by atoms with Crippen molar-refractivity contribution in [2.75, 3.05) is 20.2 Å². The molecule has 26 heavy (non-hydrogen) atoms. The monoisotopic (exact) mass is 393 g/mol. The van der Waals surface area contributed by atoms with Crippen LogP contribution in [0.2, 0.25) is 10.0 Å². The highest BCUT2D eigenvalue weighted by Gasteiger charge is 2.41. The van der Waals surface area contributed by atoms with Crippen molar-refractivity contribution in [1.82, 2.24) is 4.90 Å². The molecule has 0 aromatic heterocycles. The van der Waals surface area contributed by atoms with Gasteiger partial charge in [-0.25, -0.2) is 0 Å². The van der Waals surface area contributed by atoms with Gasteiger partial charge in [-0.15, -0.1) is 0 Å². The molecule has 0 radical (unpaired) electrons. The second-order valence-corrected chi connectivity index (χ2v) is 6.95. The second-order valence-electron chi connectivity index (χ2n) is 6.14. The molecule has 5 nitrogen and oxygen atoms in total. The van der Waals surface area contributed by atoms with E-state index in [0.717, 1.165) is 5.56 Å². The largest absolute Gasteiger partial charge is 0.496 e. The molecule has 0 saturated carbocycles. The highest BCUT2D eigenvalue weighted by Crippen LogP contribution is 2.36. The lowest BCUT2D eigenvalue weighted by atomic mass is 9.89. The van der Waals surface area contributed by atoms with Crippen molar-refractivity contribution in [3.8, 4) is 5.75 Å². The molecule has 1 fully saturated rings. The van der Waals surface area contributed by atoms with Gasteiger partial charge in [0, 0.05) is 25.1 Å². The number of methoxy groups -OCH3 is 1. The lowest BCUT2D eigenvalue weighted by Crippen LogP contribution is -2.30. The lowest BCUT2D eigenvalue weighted by Gasteiger charge is -2.18. The van der Waals surface area contributed by atoms with E-state index in [1.807, 2.05) is 30.3 Å². The molecule has 2 aromatic carbocycles. The number of hydrogen-bond acceptors (Lipinski definition) is 3. The molecule has 2 atom stereocenters. The molecule has 1 aliphatic heterocycles. The first-order chi connectivity index (χ1) is 12.4. The number of rotatable bonds is 4. The zero-order chi connectivity index (χ0) is 18.8. The van der Waals surface area contributed by atoms with Crippen LogP contribution in [-0.2, 0) is 4.79 Å². The number of carbonyl (C=O) groups is 2. The number of carbonyl (C=O) groups excluding carboxylic acids is 1. The van der Waals surface area contributed by atoms with Gasteiger partial charge in [0.25, 0.3) is 5.91 Å². The highest BCUT2D eigenvalue weighted by molar-refractivity contribution is 6.42. The number of aliphatic carboxylic acids is 1. The Kier molecular flexibility index (Phi) is 5.39. The smallest absolute Gasteiger partial charge is 0.308 e. The molecule has 1 N–H and O–H groups in total. The molecule has 0 unspecified atom stereocenters. The van der Waals surface area contributed by atoms with Crippen molar-refractivity contribution < 1.29 is 19.4 Å².